The molecule has 4 rings (SSSR count). The minimum Gasteiger partial charge on any atom is -0.338 e. The normalized spacial score (nSPS) is 26.0. The number of hydrogen-bond acceptors (Lipinski definition) is 3. The van der Waals surface area contributed by atoms with E-state index in [9.17, 15) is 14.0 Å². The lowest BCUT2D eigenvalue weighted by Gasteiger charge is -2.45. The molecule has 0 bridgehead atoms. The zero-order valence-electron chi connectivity index (χ0n) is 16.5. The Morgan fingerprint density at radius 2 is 1.64 bits per heavy atom. The van der Waals surface area contributed by atoms with E-state index in [1.165, 1.54) is 37.8 Å². The van der Waals surface area contributed by atoms with Crippen molar-refractivity contribution in [2.45, 2.75) is 44.6 Å². The van der Waals surface area contributed by atoms with Crippen LogP contribution in [0.1, 0.15) is 48.9 Å². The van der Waals surface area contributed by atoms with Gasteiger partial charge in [-0.3, -0.25) is 14.5 Å². The van der Waals surface area contributed by atoms with Crippen LogP contribution in [0.4, 0.5) is 4.39 Å². The van der Waals surface area contributed by atoms with Crippen LogP contribution in [-0.4, -0.2) is 71.8 Å². The number of piperazine rings is 1. The van der Waals surface area contributed by atoms with E-state index in [0.717, 1.165) is 19.4 Å². The Kier molecular flexibility index (Phi) is 5.95. The number of piperidine rings is 1. The molecule has 2 atom stereocenters. The zero-order chi connectivity index (χ0) is 19.5. The van der Waals surface area contributed by atoms with Gasteiger partial charge in [0.2, 0.25) is 5.91 Å². The molecule has 0 N–H and O–H groups in total. The molecule has 1 saturated carbocycles. The number of nitrogens with zero attached hydrogens (tertiary/aromatic N) is 3. The number of halogens is 1. The first-order valence-corrected chi connectivity index (χ1v) is 10.7. The minimum atomic E-state index is -0.475. The number of carbonyl (C=O) groups is 2. The van der Waals surface area contributed by atoms with Crippen LogP contribution in [0, 0.1) is 11.7 Å². The van der Waals surface area contributed by atoms with Gasteiger partial charge in [-0.25, -0.2) is 4.39 Å². The molecule has 152 valence electrons. The number of likely N-dealkylation sites (tertiary alicyclic amines) is 1. The highest BCUT2D eigenvalue weighted by atomic mass is 19.1. The van der Waals surface area contributed by atoms with Crippen LogP contribution in [0.2, 0.25) is 0 Å². The zero-order valence-corrected chi connectivity index (χ0v) is 16.5. The van der Waals surface area contributed by atoms with Crippen molar-refractivity contribution >= 4 is 11.8 Å². The molecule has 3 fully saturated rings. The first kappa shape index (κ1) is 19.4. The first-order valence-electron chi connectivity index (χ1n) is 10.7. The van der Waals surface area contributed by atoms with Crippen molar-refractivity contribution < 1.29 is 14.0 Å². The van der Waals surface area contributed by atoms with Crippen LogP contribution in [0.25, 0.3) is 0 Å². The highest BCUT2D eigenvalue weighted by Crippen LogP contribution is 2.35. The quantitative estimate of drug-likeness (QED) is 0.801. The largest absolute Gasteiger partial charge is 0.338 e. The van der Waals surface area contributed by atoms with Gasteiger partial charge in [0.25, 0.3) is 5.91 Å². The number of rotatable bonds is 3. The van der Waals surface area contributed by atoms with E-state index in [2.05, 4.69) is 9.80 Å². The Labute approximate surface area is 166 Å². The summed E-state index contributed by atoms with van der Waals surface area (Å²) in [5.41, 5.74) is 0.128. The van der Waals surface area contributed by atoms with Gasteiger partial charge in [0.05, 0.1) is 12.1 Å². The van der Waals surface area contributed by atoms with E-state index in [0.29, 0.717) is 44.7 Å². The van der Waals surface area contributed by atoms with Crippen molar-refractivity contribution in [2.75, 3.05) is 39.3 Å². The molecule has 0 radical (unpaired) electrons. The molecular formula is C22H30FN3O2. The average Bonchev–Trinajstić information content (AvgIpc) is 2.73. The maximum atomic E-state index is 13.9. The summed E-state index contributed by atoms with van der Waals surface area (Å²) in [4.78, 5) is 31.5. The molecule has 1 aliphatic carbocycles. The van der Waals surface area contributed by atoms with Crippen molar-refractivity contribution in [1.29, 1.82) is 0 Å². The van der Waals surface area contributed by atoms with Crippen LogP contribution < -0.4 is 0 Å². The van der Waals surface area contributed by atoms with Gasteiger partial charge in [0.1, 0.15) is 5.82 Å². The summed E-state index contributed by atoms with van der Waals surface area (Å²) in [6.45, 7) is 3.72. The molecular weight excluding hydrogens is 357 g/mol. The third-order valence-corrected chi connectivity index (χ3v) is 6.69. The Morgan fingerprint density at radius 1 is 0.929 bits per heavy atom. The third kappa shape index (κ3) is 4.07. The number of fused-ring (bicyclic) bond motifs is 1. The molecule has 1 aromatic rings. The van der Waals surface area contributed by atoms with E-state index in [1.54, 1.807) is 17.0 Å². The Hall–Kier alpha value is -1.95. The molecule has 5 nitrogen and oxygen atoms in total. The second kappa shape index (κ2) is 8.60. The van der Waals surface area contributed by atoms with E-state index in [4.69, 9.17) is 0 Å². The van der Waals surface area contributed by atoms with Gasteiger partial charge in [-0.1, -0.05) is 25.0 Å². The highest BCUT2D eigenvalue weighted by molar-refractivity contribution is 5.94. The van der Waals surface area contributed by atoms with E-state index in [-0.39, 0.29) is 17.4 Å². The van der Waals surface area contributed by atoms with Crippen LogP contribution in [0.3, 0.4) is 0 Å². The molecule has 1 aromatic carbocycles. The average molecular weight is 387 g/mol. The van der Waals surface area contributed by atoms with Crippen molar-refractivity contribution in [3.05, 3.63) is 35.6 Å². The minimum absolute atomic E-state index is 0.128. The number of benzene rings is 1. The van der Waals surface area contributed by atoms with E-state index < -0.39 is 5.82 Å². The van der Waals surface area contributed by atoms with Gasteiger partial charge in [-0.2, -0.15) is 0 Å². The second-order valence-electron chi connectivity index (χ2n) is 8.39. The lowest BCUT2D eigenvalue weighted by atomic mass is 9.78. The summed E-state index contributed by atoms with van der Waals surface area (Å²) in [6.07, 6.45) is 7.36. The van der Waals surface area contributed by atoms with E-state index >= 15 is 0 Å². The second-order valence-corrected chi connectivity index (χ2v) is 8.39. The Bertz CT molecular complexity index is 715. The standard InChI is InChI=1S/C22H30FN3O2/c23-19-9-3-2-8-18(19)22(28)25-14-12-24(13-15-25)16-21(27)26-11-5-7-17-6-1-4-10-20(17)26/h2-3,8-9,17,20H,1,4-7,10-16H2/t17-,20-/m1/s1. The summed E-state index contributed by atoms with van der Waals surface area (Å²) < 4.78 is 13.9. The summed E-state index contributed by atoms with van der Waals surface area (Å²) in [5, 5.41) is 0. The number of carbonyl (C=O) groups excluding carboxylic acids is 2. The van der Waals surface area contributed by atoms with Crippen molar-refractivity contribution in [2.24, 2.45) is 5.92 Å². The predicted molar refractivity (Wildman–Crippen MR) is 105 cm³/mol. The summed E-state index contributed by atoms with van der Waals surface area (Å²) >= 11 is 0. The maximum Gasteiger partial charge on any atom is 0.256 e. The molecule has 28 heavy (non-hydrogen) atoms. The Morgan fingerprint density at radius 3 is 2.43 bits per heavy atom. The van der Waals surface area contributed by atoms with Gasteiger partial charge in [0.15, 0.2) is 0 Å². The number of amides is 2. The molecule has 3 aliphatic rings. The summed E-state index contributed by atoms with van der Waals surface area (Å²) in [7, 11) is 0. The van der Waals surface area contributed by atoms with Crippen molar-refractivity contribution in [3.8, 4) is 0 Å². The topological polar surface area (TPSA) is 43.9 Å². The molecule has 2 saturated heterocycles. The molecule has 2 aliphatic heterocycles. The first-order chi connectivity index (χ1) is 13.6. The molecule has 2 heterocycles. The fourth-order valence-corrected chi connectivity index (χ4v) is 5.13. The van der Waals surface area contributed by atoms with Gasteiger partial charge in [-0.05, 0) is 43.7 Å². The van der Waals surface area contributed by atoms with Crippen LogP contribution >= 0.6 is 0 Å². The highest BCUT2D eigenvalue weighted by Gasteiger charge is 2.36. The number of hydrogen-bond donors (Lipinski definition) is 0. The molecule has 0 spiro atoms. The molecule has 6 heteroatoms. The van der Waals surface area contributed by atoms with Gasteiger partial charge in [-0.15, -0.1) is 0 Å². The van der Waals surface area contributed by atoms with Crippen LogP contribution in [-0.2, 0) is 4.79 Å². The van der Waals surface area contributed by atoms with Gasteiger partial charge < -0.3 is 9.80 Å². The van der Waals surface area contributed by atoms with E-state index in [1.807, 2.05) is 0 Å². The van der Waals surface area contributed by atoms with Crippen LogP contribution in [0.15, 0.2) is 24.3 Å². The molecule has 2 amide bonds. The predicted octanol–water partition coefficient (Wildman–Crippen LogP) is 2.76. The lowest BCUT2D eigenvalue weighted by Crippen LogP contribution is -2.55. The summed E-state index contributed by atoms with van der Waals surface area (Å²) in [6, 6.07) is 6.57. The monoisotopic (exact) mass is 387 g/mol. The third-order valence-electron chi connectivity index (χ3n) is 6.69. The van der Waals surface area contributed by atoms with Gasteiger partial charge >= 0.3 is 0 Å². The van der Waals surface area contributed by atoms with Crippen molar-refractivity contribution in [1.82, 2.24) is 14.7 Å². The SMILES string of the molecule is O=C(c1ccccc1F)N1CCN(CC(=O)N2CCC[C@H]3CCCC[C@H]32)CC1. The van der Waals surface area contributed by atoms with Crippen molar-refractivity contribution in [3.63, 3.8) is 0 Å². The summed E-state index contributed by atoms with van der Waals surface area (Å²) in [5.74, 6) is 0.203. The fraction of sp³-hybridized carbons (Fsp3) is 0.636. The maximum absolute atomic E-state index is 13.9. The van der Waals surface area contributed by atoms with Crippen LogP contribution in [0.5, 0.6) is 0 Å². The van der Waals surface area contributed by atoms with Gasteiger partial charge in [0, 0.05) is 38.8 Å². The Balaban J connectivity index is 1.30. The lowest BCUT2D eigenvalue weighted by molar-refractivity contribution is -0.139. The fourth-order valence-electron chi connectivity index (χ4n) is 5.13. The smallest absolute Gasteiger partial charge is 0.256 e. The molecule has 0 unspecified atom stereocenters. The molecule has 0 aromatic heterocycles.